The third kappa shape index (κ3) is 4.31. The van der Waals surface area contributed by atoms with Gasteiger partial charge in [-0.2, -0.15) is 0 Å². The summed E-state index contributed by atoms with van der Waals surface area (Å²) in [6.45, 7) is 4.59. The molecule has 1 atom stereocenters. The largest absolute Gasteiger partial charge is 0.344 e. The maximum absolute atomic E-state index is 12.3. The van der Waals surface area contributed by atoms with Crippen molar-refractivity contribution in [2.45, 2.75) is 32.7 Å². The lowest BCUT2D eigenvalue weighted by molar-refractivity contribution is 0.204. The van der Waals surface area contributed by atoms with Crippen LogP contribution < -0.4 is 5.32 Å². The summed E-state index contributed by atoms with van der Waals surface area (Å²) in [6, 6.07) is 5.60. The number of H-pyrrole nitrogens is 1. The number of carbonyl (C=O) groups is 1. The van der Waals surface area contributed by atoms with Gasteiger partial charge in [-0.05, 0) is 25.5 Å². The third-order valence-corrected chi connectivity index (χ3v) is 3.53. The molecule has 6 heteroatoms. The highest BCUT2D eigenvalue weighted by atomic mass is 16.2. The predicted molar refractivity (Wildman–Crippen MR) is 85.5 cm³/mol. The van der Waals surface area contributed by atoms with Gasteiger partial charge in [0.05, 0.1) is 6.04 Å². The fraction of sp³-hybridized carbons (Fsp3) is 0.438. The molecule has 0 aromatic carbocycles. The van der Waals surface area contributed by atoms with Gasteiger partial charge >= 0.3 is 6.03 Å². The minimum Gasteiger partial charge on any atom is -0.344 e. The number of nitrogens with zero attached hydrogens (tertiary/aromatic N) is 3. The normalized spacial score (nSPS) is 12.0. The van der Waals surface area contributed by atoms with Crippen molar-refractivity contribution < 1.29 is 4.79 Å². The van der Waals surface area contributed by atoms with Gasteiger partial charge < -0.3 is 15.2 Å². The zero-order valence-corrected chi connectivity index (χ0v) is 13.3. The van der Waals surface area contributed by atoms with Crippen LogP contribution in [0, 0.1) is 6.92 Å². The third-order valence-electron chi connectivity index (χ3n) is 3.53. The molecule has 0 fully saturated rings. The van der Waals surface area contributed by atoms with Gasteiger partial charge in [-0.15, -0.1) is 0 Å². The number of hydrogen-bond donors (Lipinski definition) is 2. The Morgan fingerprint density at radius 2 is 2.23 bits per heavy atom. The van der Waals surface area contributed by atoms with Crippen molar-refractivity contribution in [3.05, 3.63) is 47.8 Å². The van der Waals surface area contributed by atoms with Gasteiger partial charge in [0.15, 0.2) is 0 Å². The second kappa shape index (κ2) is 7.59. The fourth-order valence-electron chi connectivity index (χ4n) is 2.16. The van der Waals surface area contributed by atoms with Crippen LogP contribution in [-0.2, 0) is 6.42 Å². The second-order valence-electron chi connectivity index (χ2n) is 5.35. The summed E-state index contributed by atoms with van der Waals surface area (Å²) in [5.41, 5.74) is 1.97. The molecule has 2 aromatic rings. The van der Waals surface area contributed by atoms with Crippen molar-refractivity contribution in [3.63, 3.8) is 0 Å². The predicted octanol–water partition coefficient (Wildman–Crippen LogP) is 2.45. The summed E-state index contributed by atoms with van der Waals surface area (Å²) in [4.78, 5) is 25.7. The van der Waals surface area contributed by atoms with Gasteiger partial charge in [0.2, 0.25) is 0 Å². The number of aromatic amines is 1. The molecule has 2 rings (SSSR count). The molecule has 0 radical (unpaired) electrons. The van der Waals surface area contributed by atoms with E-state index in [-0.39, 0.29) is 12.1 Å². The molecule has 0 aliphatic heterocycles. The molecular weight excluding hydrogens is 278 g/mol. The van der Waals surface area contributed by atoms with E-state index in [1.807, 2.05) is 32.0 Å². The Labute approximate surface area is 131 Å². The summed E-state index contributed by atoms with van der Waals surface area (Å²) in [5, 5.41) is 3.01. The lowest BCUT2D eigenvalue weighted by atomic mass is 10.2. The Morgan fingerprint density at radius 3 is 2.82 bits per heavy atom. The first-order valence-electron chi connectivity index (χ1n) is 7.53. The van der Waals surface area contributed by atoms with E-state index in [0.717, 1.165) is 30.1 Å². The molecule has 2 aromatic heterocycles. The number of aromatic nitrogens is 3. The van der Waals surface area contributed by atoms with E-state index in [9.17, 15) is 4.79 Å². The zero-order chi connectivity index (χ0) is 15.9. The van der Waals surface area contributed by atoms with E-state index < -0.39 is 0 Å². The van der Waals surface area contributed by atoms with Gasteiger partial charge in [-0.25, -0.2) is 9.78 Å². The molecule has 6 nitrogen and oxygen atoms in total. The molecular formula is C16H23N5O. The number of likely N-dealkylation sites (N-methyl/N-ethyl adjacent to an activating group) is 1. The number of hydrogen-bond acceptors (Lipinski definition) is 3. The van der Waals surface area contributed by atoms with Crippen molar-refractivity contribution in [2.75, 3.05) is 13.6 Å². The molecule has 2 amide bonds. The first-order chi connectivity index (χ1) is 10.6. The molecule has 1 unspecified atom stereocenters. The Bertz CT molecular complexity index is 596. The van der Waals surface area contributed by atoms with E-state index in [4.69, 9.17) is 0 Å². The van der Waals surface area contributed by atoms with Crippen molar-refractivity contribution in [2.24, 2.45) is 0 Å². The van der Waals surface area contributed by atoms with E-state index in [2.05, 4.69) is 20.3 Å². The molecule has 0 aliphatic rings. The molecule has 0 saturated heterocycles. The van der Waals surface area contributed by atoms with Crippen LogP contribution in [0.1, 0.15) is 36.6 Å². The number of rotatable bonds is 6. The van der Waals surface area contributed by atoms with E-state index in [0.29, 0.717) is 6.54 Å². The van der Waals surface area contributed by atoms with Crippen LogP contribution in [-0.4, -0.2) is 39.5 Å². The number of amides is 2. The molecule has 22 heavy (non-hydrogen) atoms. The molecule has 0 spiro atoms. The number of pyridine rings is 1. The monoisotopic (exact) mass is 301 g/mol. The smallest absolute Gasteiger partial charge is 0.317 e. The van der Waals surface area contributed by atoms with Crippen molar-refractivity contribution in [1.82, 2.24) is 25.2 Å². The van der Waals surface area contributed by atoms with E-state index in [1.165, 1.54) is 0 Å². The van der Waals surface area contributed by atoms with Gasteiger partial charge in [0.1, 0.15) is 5.82 Å². The fourth-order valence-corrected chi connectivity index (χ4v) is 2.16. The van der Waals surface area contributed by atoms with E-state index in [1.54, 1.807) is 24.3 Å². The van der Waals surface area contributed by atoms with Crippen molar-refractivity contribution in [1.29, 1.82) is 0 Å². The Kier molecular flexibility index (Phi) is 5.52. The number of urea groups is 1. The SMILES string of the molecule is CCC(NC(=O)N(C)CCc1ccccn1)c1ncc(C)[nH]1. The molecule has 2 heterocycles. The van der Waals surface area contributed by atoms with Crippen LogP contribution in [0.15, 0.2) is 30.6 Å². The summed E-state index contributed by atoms with van der Waals surface area (Å²) < 4.78 is 0. The van der Waals surface area contributed by atoms with Crippen LogP contribution in [0.4, 0.5) is 4.79 Å². The van der Waals surface area contributed by atoms with Crippen LogP contribution in [0.5, 0.6) is 0 Å². The van der Waals surface area contributed by atoms with Crippen LogP contribution in [0.25, 0.3) is 0 Å². The Hall–Kier alpha value is -2.37. The molecule has 0 bridgehead atoms. The first kappa shape index (κ1) is 16.0. The maximum atomic E-state index is 12.3. The van der Waals surface area contributed by atoms with Gasteiger partial charge in [-0.1, -0.05) is 13.0 Å². The lowest BCUT2D eigenvalue weighted by Gasteiger charge is -2.21. The second-order valence-corrected chi connectivity index (χ2v) is 5.35. The molecule has 2 N–H and O–H groups in total. The van der Waals surface area contributed by atoms with Crippen LogP contribution in [0.2, 0.25) is 0 Å². The average molecular weight is 301 g/mol. The summed E-state index contributed by atoms with van der Waals surface area (Å²) in [6.07, 6.45) is 5.06. The highest BCUT2D eigenvalue weighted by Gasteiger charge is 2.17. The quantitative estimate of drug-likeness (QED) is 0.860. The van der Waals surface area contributed by atoms with E-state index >= 15 is 0 Å². The minimum atomic E-state index is -0.100. The Balaban J connectivity index is 1.87. The van der Waals surface area contributed by atoms with Crippen LogP contribution in [0.3, 0.4) is 0 Å². The standard InChI is InChI=1S/C16H23N5O/c1-4-14(15-18-11-12(2)19-15)20-16(22)21(3)10-8-13-7-5-6-9-17-13/h5-7,9,11,14H,4,8,10H2,1-3H3,(H,18,19)(H,20,22). The minimum absolute atomic E-state index is 0.0986. The van der Waals surface area contributed by atoms with Gasteiger partial charge in [0, 0.05) is 43.8 Å². The van der Waals surface area contributed by atoms with Crippen molar-refractivity contribution in [3.8, 4) is 0 Å². The first-order valence-corrected chi connectivity index (χ1v) is 7.53. The van der Waals surface area contributed by atoms with Crippen LogP contribution >= 0.6 is 0 Å². The summed E-state index contributed by atoms with van der Waals surface area (Å²) in [7, 11) is 1.79. The number of carbonyl (C=O) groups excluding carboxylic acids is 1. The molecule has 0 saturated carbocycles. The Morgan fingerprint density at radius 1 is 1.41 bits per heavy atom. The molecule has 118 valence electrons. The lowest BCUT2D eigenvalue weighted by Crippen LogP contribution is -2.40. The van der Waals surface area contributed by atoms with Crippen molar-refractivity contribution >= 4 is 6.03 Å². The number of imidazole rings is 1. The topological polar surface area (TPSA) is 73.9 Å². The highest BCUT2D eigenvalue weighted by Crippen LogP contribution is 2.13. The van der Waals surface area contributed by atoms with Gasteiger partial charge in [-0.3, -0.25) is 4.98 Å². The zero-order valence-electron chi connectivity index (χ0n) is 13.3. The number of aryl methyl sites for hydroxylation is 1. The molecule has 0 aliphatic carbocycles. The summed E-state index contributed by atoms with van der Waals surface area (Å²) >= 11 is 0. The average Bonchev–Trinajstić information content (AvgIpc) is 2.97. The van der Waals surface area contributed by atoms with Gasteiger partial charge in [0.25, 0.3) is 0 Å². The highest BCUT2D eigenvalue weighted by molar-refractivity contribution is 5.74. The maximum Gasteiger partial charge on any atom is 0.317 e. The number of nitrogens with one attached hydrogen (secondary N) is 2. The summed E-state index contributed by atoms with van der Waals surface area (Å²) in [5.74, 6) is 0.798.